The van der Waals surface area contributed by atoms with Gasteiger partial charge in [0, 0.05) is 36.6 Å². The van der Waals surface area contributed by atoms with Gasteiger partial charge in [0.25, 0.3) is 17.4 Å². The number of benzene rings is 1. The molecule has 27 heavy (non-hydrogen) atoms. The van der Waals surface area contributed by atoms with Gasteiger partial charge in [-0.2, -0.15) is 0 Å². The van der Waals surface area contributed by atoms with E-state index in [2.05, 4.69) is 10.3 Å². The average molecular weight is 371 g/mol. The maximum absolute atomic E-state index is 13.0. The largest absolute Gasteiger partial charge is 0.497 e. The standard InChI is InChI=1S/C19H21N3O5/c1-5-22-16-15(7-6-8-20-16)27-19(2,18(22)24)17(23)21-12-9-13(25-3)11-14(10-12)26-4/h6-11H,5H2,1-4H3,(H,21,23)/t19-/m0/s1. The lowest BCUT2D eigenvalue weighted by Crippen LogP contribution is -2.60. The highest BCUT2D eigenvalue weighted by Gasteiger charge is 2.50. The van der Waals surface area contributed by atoms with Gasteiger partial charge in [0.15, 0.2) is 11.6 Å². The molecule has 0 saturated heterocycles. The molecule has 1 atom stereocenters. The number of methoxy groups -OCH3 is 2. The third kappa shape index (κ3) is 3.25. The van der Waals surface area contributed by atoms with Crippen LogP contribution in [0.5, 0.6) is 17.2 Å². The van der Waals surface area contributed by atoms with E-state index >= 15 is 0 Å². The van der Waals surface area contributed by atoms with Crippen LogP contribution in [-0.4, -0.2) is 43.2 Å². The molecule has 142 valence electrons. The maximum atomic E-state index is 13.0. The summed E-state index contributed by atoms with van der Waals surface area (Å²) in [5, 5.41) is 2.72. The van der Waals surface area contributed by atoms with Crippen molar-refractivity contribution in [2.75, 3.05) is 31.0 Å². The molecule has 2 heterocycles. The van der Waals surface area contributed by atoms with Crippen LogP contribution in [0.2, 0.25) is 0 Å². The summed E-state index contributed by atoms with van der Waals surface area (Å²) in [6, 6.07) is 8.31. The number of carbonyl (C=O) groups excluding carboxylic acids is 2. The molecule has 0 spiro atoms. The zero-order chi connectivity index (χ0) is 19.6. The van der Waals surface area contributed by atoms with Crippen LogP contribution in [0, 0.1) is 0 Å². The molecular weight excluding hydrogens is 350 g/mol. The van der Waals surface area contributed by atoms with Crippen molar-refractivity contribution in [1.29, 1.82) is 0 Å². The number of amides is 2. The van der Waals surface area contributed by atoms with Crippen molar-refractivity contribution in [2.45, 2.75) is 19.4 Å². The van der Waals surface area contributed by atoms with Gasteiger partial charge in [-0.3, -0.25) is 14.5 Å². The SMILES string of the molecule is CCN1C(=O)[C@](C)(C(=O)Nc2cc(OC)cc(OC)c2)Oc2cccnc21. The van der Waals surface area contributed by atoms with Gasteiger partial charge < -0.3 is 19.5 Å². The Bertz CT molecular complexity index is 863. The second-order valence-corrected chi connectivity index (χ2v) is 6.07. The molecule has 3 rings (SSSR count). The molecule has 8 heteroatoms. The fourth-order valence-corrected chi connectivity index (χ4v) is 2.85. The van der Waals surface area contributed by atoms with E-state index < -0.39 is 17.4 Å². The van der Waals surface area contributed by atoms with E-state index in [1.165, 1.54) is 26.0 Å². The Balaban J connectivity index is 1.93. The van der Waals surface area contributed by atoms with Crippen molar-refractivity contribution in [3.63, 3.8) is 0 Å². The Hall–Kier alpha value is -3.29. The van der Waals surface area contributed by atoms with Crippen molar-refractivity contribution < 1.29 is 23.8 Å². The molecule has 2 amide bonds. The van der Waals surface area contributed by atoms with Crippen molar-refractivity contribution in [2.24, 2.45) is 0 Å². The zero-order valence-electron chi connectivity index (χ0n) is 15.6. The summed E-state index contributed by atoms with van der Waals surface area (Å²) >= 11 is 0. The molecule has 0 radical (unpaired) electrons. The van der Waals surface area contributed by atoms with E-state index in [1.807, 2.05) is 6.92 Å². The number of nitrogens with zero attached hydrogens (tertiary/aromatic N) is 2. The summed E-state index contributed by atoms with van der Waals surface area (Å²) in [6.45, 7) is 3.62. The number of aromatic nitrogens is 1. The average Bonchev–Trinajstić information content (AvgIpc) is 2.68. The Labute approximate surface area is 157 Å². The van der Waals surface area contributed by atoms with Gasteiger partial charge in [-0.1, -0.05) is 0 Å². The third-order valence-corrected chi connectivity index (χ3v) is 4.33. The number of hydrogen-bond donors (Lipinski definition) is 1. The van der Waals surface area contributed by atoms with Crippen LogP contribution in [0.15, 0.2) is 36.5 Å². The summed E-state index contributed by atoms with van der Waals surface area (Å²) in [5.74, 6) is 0.711. The van der Waals surface area contributed by atoms with E-state index in [9.17, 15) is 9.59 Å². The summed E-state index contributed by atoms with van der Waals surface area (Å²) < 4.78 is 16.2. The molecule has 0 fully saturated rings. The highest BCUT2D eigenvalue weighted by molar-refractivity contribution is 6.19. The number of rotatable bonds is 5. The van der Waals surface area contributed by atoms with E-state index in [0.29, 0.717) is 35.3 Å². The highest BCUT2D eigenvalue weighted by atomic mass is 16.5. The summed E-state index contributed by atoms with van der Waals surface area (Å²) in [6.07, 6.45) is 1.57. The summed E-state index contributed by atoms with van der Waals surface area (Å²) in [5.41, 5.74) is -1.31. The Kier molecular flexibility index (Phi) is 4.89. The highest BCUT2D eigenvalue weighted by Crippen LogP contribution is 2.36. The van der Waals surface area contributed by atoms with E-state index in [0.717, 1.165) is 0 Å². The Morgan fingerprint density at radius 2 is 1.93 bits per heavy atom. The van der Waals surface area contributed by atoms with Crippen molar-refractivity contribution in [3.8, 4) is 17.2 Å². The van der Waals surface area contributed by atoms with Crippen LogP contribution in [0.3, 0.4) is 0 Å². The molecule has 0 unspecified atom stereocenters. The fourth-order valence-electron chi connectivity index (χ4n) is 2.85. The first-order valence-electron chi connectivity index (χ1n) is 8.43. The Morgan fingerprint density at radius 1 is 1.26 bits per heavy atom. The van der Waals surface area contributed by atoms with Gasteiger partial charge in [0.2, 0.25) is 0 Å². The number of likely N-dealkylation sites (N-methyl/N-ethyl adjacent to an activating group) is 1. The molecule has 1 aromatic carbocycles. The Morgan fingerprint density at radius 3 is 2.52 bits per heavy atom. The minimum Gasteiger partial charge on any atom is -0.497 e. The minimum atomic E-state index is -1.73. The summed E-state index contributed by atoms with van der Waals surface area (Å²) in [7, 11) is 3.02. The number of pyridine rings is 1. The smallest absolute Gasteiger partial charge is 0.282 e. The van der Waals surface area contributed by atoms with E-state index in [1.54, 1.807) is 36.5 Å². The van der Waals surface area contributed by atoms with Gasteiger partial charge in [0.1, 0.15) is 11.5 Å². The lowest BCUT2D eigenvalue weighted by Gasteiger charge is -2.38. The molecule has 1 aliphatic rings. The predicted molar refractivity (Wildman–Crippen MR) is 99.5 cm³/mol. The van der Waals surface area contributed by atoms with Gasteiger partial charge >= 0.3 is 0 Å². The van der Waals surface area contributed by atoms with Gasteiger partial charge in [-0.05, 0) is 26.0 Å². The van der Waals surface area contributed by atoms with Crippen LogP contribution < -0.4 is 24.4 Å². The monoisotopic (exact) mass is 371 g/mol. The van der Waals surface area contributed by atoms with Crippen LogP contribution >= 0.6 is 0 Å². The first-order valence-corrected chi connectivity index (χ1v) is 8.43. The molecule has 2 aromatic rings. The quantitative estimate of drug-likeness (QED) is 0.811. The van der Waals surface area contributed by atoms with Crippen molar-refractivity contribution >= 4 is 23.3 Å². The normalized spacial score (nSPS) is 18.4. The van der Waals surface area contributed by atoms with Gasteiger partial charge in [0.05, 0.1) is 14.2 Å². The molecule has 0 aliphatic carbocycles. The van der Waals surface area contributed by atoms with Gasteiger partial charge in [-0.15, -0.1) is 0 Å². The first-order chi connectivity index (χ1) is 12.9. The number of fused-ring (bicyclic) bond motifs is 1. The van der Waals surface area contributed by atoms with E-state index in [4.69, 9.17) is 14.2 Å². The number of ether oxygens (including phenoxy) is 3. The minimum absolute atomic E-state index is 0.363. The molecule has 1 N–H and O–H groups in total. The topological polar surface area (TPSA) is 90.0 Å². The summed E-state index contributed by atoms with van der Waals surface area (Å²) in [4.78, 5) is 31.6. The number of nitrogens with one attached hydrogen (secondary N) is 1. The third-order valence-electron chi connectivity index (χ3n) is 4.33. The maximum Gasteiger partial charge on any atom is 0.282 e. The van der Waals surface area contributed by atoms with E-state index in [-0.39, 0.29) is 0 Å². The number of hydrogen-bond acceptors (Lipinski definition) is 6. The van der Waals surface area contributed by atoms with Gasteiger partial charge in [-0.25, -0.2) is 4.98 Å². The molecular formula is C19H21N3O5. The van der Waals surface area contributed by atoms with Crippen molar-refractivity contribution in [1.82, 2.24) is 4.98 Å². The number of carbonyl (C=O) groups is 2. The molecule has 8 nitrogen and oxygen atoms in total. The zero-order valence-corrected chi connectivity index (χ0v) is 15.6. The molecule has 0 saturated carbocycles. The first kappa shape index (κ1) is 18.5. The fraction of sp³-hybridized carbons (Fsp3) is 0.316. The van der Waals surface area contributed by atoms with Crippen LogP contribution in [-0.2, 0) is 9.59 Å². The molecule has 1 aromatic heterocycles. The molecule has 1 aliphatic heterocycles. The van der Waals surface area contributed by atoms with Crippen molar-refractivity contribution in [3.05, 3.63) is 36.5 Å². The number of anilines is 2. The second kappa shape index (κ2) is 7.14. The lowest BCUT2D eigenvalue weighted by atomic mass is 10.0. The second-order valence-electron chi connectivity index (χ2n) is 6.07. The van der Waals surface area contributed by atoms with Crippen LogP contribution in [0.25, 0.3) is 0 Å². The van der Waals surface area contributed by atoms with Crippen LogP contribution in [0.4, 0.5) is 11.5 Å². The lowest BCUT2D eigenvalue weighted by molar-refractivity contribution is -0.145. The van der Waals surface area contributed by atoms with Crippen LogP contribution in [0.1, 0.15) is 13.8 Å². The predicted octanol–water partition coefficient (Wildman–Crippen LogP) is 2.24. The molecule has 0 bridgehead atoms.